The molecule has 0 bridgehead atoms. The molecule has 0 fully saturated rings. The van der Waals surface area contributed by atoms with Gasteiger partial charge >= 0.3 is 6.18 Å². The molecule has 3 rings (SSSR count). The van der Waals surface area contributed by atoms with Crippen molar-refractivity contribution >= 4 is 28.8 Å². The highest BCUT2D eigenvalue weighted by molar-refractivity contribution is 6.33. The van der Waals surface area contributed by atoms with Gasteiger partial charge in [-0.3, -0.25) is 4.79 Å². The number of benzene rings is 1. The van der Waals surface area contributed by atoms with Gasteiger partial charge in [0.25, 0.3) is 5.91 Å². The Labute approximate surface area is 157 Å². The molecule has 27 heavy (non-hydrogen) atoms. The topological polar surface area (TPSA) is 55.6 Å². The number of amides is 1. The Morgan fingerprint density at radius 3 is 2.44 bits per heavy atom. The van der Waals surface area contributed by atoms with Crippen molar-refractivity contribution < 1.29 is 22.7 Å². The van der Waals surface area contributed by atoms with Crippen LogP contribution in [0.2, 0.25) is 5.02 Å². The van der Waals surface area contributed by atoms with Crippen molar-refractivity contribution in [3.8, 4) is 0 Å². The molecular weight excluding hydrogens is 383 g/mol. The summed E-state index contributed by atoms with van der Waals surface area (Å²) in [6.45, 7) is 0.945. The van der Waals surface area contributed by atoms with E-state index in [1.807, 2.05) is 0 Å². The van der Waals surface area contributed by atoms with Gasteiger partial charge in [0, 0.05) is 25.2 Å². The van der Waals surface area contributed by atoms with Gasteiger partial charge in [-0.05, 0) is 36.8 Å². The third kappa shape index (κ3) is 3.50. The van der Waals surface area contributed by atoms with Gasteiger partial charge in [0.15, 0.2) is 11.2 Å². The maximum Gasteiger partial charge on any atom is 0.421 e. The van der Waals surface area contributed by atoms with Crippen LogP contribution in [0.4, 0.5) is 18.9 Å². The molecule has 5 nitrogen and oxygen atoms in total. The van der Waals surface area contributed by atoms with E-state index >= 15 is 0 Å². The number of rotatable bonds is 4. The highest BCUT2D eigenvalue weighted by Crippen LogP contribution is 2.41. The molecule has 0 aliphatic rings. The van der Waals surface area contributed by atoms with Gasteiger partial charge < -0.3 is 14.5 Å². The van der Waals surface area contributed by atoms with Crippen molar-refractivity contribution in [2.75, 3.05) is 12.4 Å². The number of carbonyl (C=O) groups is 1. The first-order valence-corrected chi connectivity index (χ1v) is 8.20. The Morgan fingerprint density at radius 1 is 1.22 bits per heavy atom. The number of pyridine rings is 1. The number of hydrogen-bond acceptors (Lipinski definition) is 3. The zero-order valence-corrected chi connectivity index (χ0v) is 15.1. The summed E-state index contributed by atoms with van der Waals surface area (Å²) in [7, 11) is 0.998. The van der Waals surface area contributed by atoms with E-state index in [-0.39, 0.29) is 11.3 Å². The van der Waals surface area contributed by atoms with E-state index in [1.54, 1.807) is 22.7 Å². The number of nitrogens with one attached hydrogen (secondary N) is 1. The third-order valence-electron chi connectivity index (χ3n) is 4.31. The number of anilines is 1. The van der Waals surface area contributed by atoms with Gasteiger partial charge in [-0.1, -0.05) is 23.7 Å². The predicted molar refractivity (Wildman–Crippen MR) is 95.0 cm³/mol. The van der Waals surface area contributed by atoms with Crippen LogP contribution in [-0.4, -0.2) is 28.6 Å². The summed E-state index contributed by atoms with van der Waals surface area (Å²) in [5, 5.41) is 2.99. The number of methoxy groups -OCH3 is 1. The van der Waals surface area contributed by atoms with E-state index in [9.17, 15) is 18.0 Å². The van der Waals surface area contributed by atoms with E-state index in [0.717, 1.165) is 14.0 Å². The summed E-state index contributed by atoms with van der Waals surface area (Å²) in [6.07, 6.45) is -1.37. The molecule has 2 heterocycles. The molecule has 9 heteroatoms. The van der Waals surface area contributed by atoms with E-state index in [1.165, 1.54) is 30.5 Å². The van der Waals surface area contributed by atoms with Crippen molar-refractivity contribution in [1.82, 2.24) is 9.38 Å². The summed E-state index contributed by atoms with van der Waals surface area (Å²) in [5.41, 5.74) is -1.62. The van der Waals surface area contributed by atoms with Gasteiger partial charge in [0.2, 0.25) is 0 Å². The monoisotopic (exact) mass is 397 g/mol. The summed E-state index contributed by atoms with van der Waals surface area (Å²) < 4.78 is 46.0. The van der Waals surface area contributed by atoms with Crippen LogP contribution in [0.3, 0.4) is 0 Å². The lowest BCUT2D eigenvalue weighted by Crippen LogP contribution is -2.41. The molecule has 1 unspecified atom stereocenters. The van der Waals surface area contributed by atoms with Gasteiger partial charge in [-0.25, -0.2) is 4.98 Å². The molecule has 0 aliphatic heterocycles. The lowest BCUT2D eigenvalue weighted by Gasteiger charge is -2.31. The molecule has 2 aromatic heterocycles. The van der Waals surface area contributed by atoms with Gasteiger partial charge in [0.05, 0.1) is 5.02 Å². The summed E-state index contributed by atoms with van der Waals surface area (Å²) in [4.78, 5) is 16.5. The number of alkyl halides is 3. The summed E-state index contributed by atoms with van der Waals surface area (Å²) in [5.74, 6) is -0.507. The highest BCUT2D eigenvalue weighted by atomic mass is 35.5. The number of aromatic nitrogens is 2. The van der Waals surface area contributed by atoms with Gasteiger partial charge in [-0.2, -0.15) is 13.2 Å². The Morgan fingerprint density at radius 2 is 1.89 bits per heavy atom. The summed E-state index contributed by atoms with van der Waals surface area (Å²) in [6, 6.07) is 8.63. The lowest BCUT2D eigenvalue weighted by atomic mass is 9.95. The fourth-order valence-electron chi connectivity index (χ4n) is 2.55. The van der Waals surface area contributed by atoms with Crippen molar-refractivity contribution in [2.24, 2.45) is 0 Å². The van der Waals surface area contributed by atoms with Crippen LogP contribution in [0.5, 0.6) is 0 Å². The first-order chi connectivity index (χ1) is 12.7. The third-order valence-corrected chi connectivity index (χ3v) is 4.61. The zero-order chi connectivity index (χ0) is 19.8. The minimum absolute atomic E-state index is 0.0741. The average Bonchev–Trinajstić information content (AvgIpc) is 3.06. The second-order valence-corrected chi connectivity index (χ2v) is 6.39. The number of ether oxygens (including phenoxy) is 1. The maximum absolute atomic E-state index is 13.2. The molecule has 142 valence electrons. The average molecular weight is 398 g/mol. The second-order valence-electron chi connectivity index (χ2n) is 5.98. The normalized spacial score (nSPS) is 14.1. The van der Waals surface area contributed by atoms with Crippen molar-refractivity contribution in [3.63, 3.8) is 0 Å². The first-order valence-electron chi connectivity index (χ1n) is 7.83. The van der Waals surface area contributed by atoms with Crippen molar-refractivity contribution in [3.05, 3.63) is 65.1 Å². The van der Waals surface area contributed by atoms with Crippen LogP contribution in [-0.2, 0) is 10.3 Å². The highest BCUT2D eigenvalue weighted by Gasteiger charge is 2.53. The van der Waals surface area contributed by atoms with Crippen LogP contribution in [0.15, 0.2) is 48.8 Å². The molecule has 0 spiro atoms. The molecule has 0 aliphatic carbocycles. The Kier molecular flexibility index (Phi) is 4.88. The number of imidazole rings is 1. The van der Waals surface area contributed by atoms with E-state index in [2.05, 4.69) is 15.0 Å². The van der Waals surface area contributed by atoms with E-state index in [4.69, 9.17) is 11.6 Å². The quantitative estimate of drug-likeness (QED) is 0.696. The number of fused-ring (bicyclic) bond motifs is 1. The smallest absolute Gasteiger partial charge is 0.364 e. The summed E-state index contributed by atoms with van der Waals surface area (Å²) >= 11 is 6.03. The van der Waals surface area contributed by atoms with Crippen LogP contribution < -0.4 is 5.32 Å². The minimum Gasteiger partial charge on any atom is -0.364 e. The lowest BCUT2D eigenvalue weighted by molar-refractivity contribution is -0.269. The molecule has 1 aromatic carbocycles. The van der Waals surface area contributed by atoms with Crippen LogP contribution in [0.25, 0.3) is 5.65 Å². The molecule has 0 saturated heterocycles. The van der Waals surface area contributed by atoms with Crippen LogP contribution in [0.1, 0.15) is 23.0 Å². The van der Waals surface area contributed by atoms with Gasteiger partial charge in [-0.15, -0.1) is 0 Å². The fourth-order valence-corrected chi connectivity index (χ4v) is 2.76. The number of halogens is 4. The Balaban J connectivity index is 1.81. The molecule has 1 amide bonds. The van der Waals surface area contributed by atoms with Crippen LogP contribution >= 0.6 is 11.6 Å². The van der Waals surface area contributed by atoms with E-state index in [0.29, 0.717) is 16.4 Å². The van der Waals surface area contributed by atoms with Crippen LogP contribution in [0, 0.1) is 0 Å². The fraction of sp³-hybridized carbons (Fsp3) is 0.222. The second kappa shape index (κ2) is 6.86. The van der Waals surface area contributed by atoms with Crippen molar-refractivity contribution in [2.45, 2.75) is 18.7 Å². The Bertz CT molecular complexity index is 986. The molecule has 1 atom stereocenters. The van der Waals surface area contributed by atoms with E-state index < -0.39 is 17.7 Å². The molecular formula is C18H15ClF3N3O2. The number of carbonyl (C=O) groups excluding carboxylic acids is 1. The minimum atomic E-state index is -4.58. The first kappa shape index (κ1) is 19.2. The standard InChI is InChI=1S/C18H15ClF3N3O2/c1-17(27-2,18(20,21)22)11-5-7-12(8-6-11)23-16(26)14-10-25-9-3-4-13(19)15(25)24-14/h3-10H,1-2H3,(H,23,26). The largest absolute Gasteiger partial charge is 0.421 e. The molecule has 1 N–H and O–H groups in total. The predicted octanol–water partition coefficient (Wildman–Crippen LogP) is 4.66. The molecule has 0 radical (unpaired) electrons. The molecule has 0 saturated carbocycles. The van der Waals surface area contributed by atoms with Crippen molar-refractivity contribution in [1.29, 1.82) is 0 Å². The number of nitrogens with zero attached hydrogens (tertiary/aromatic N) is 2. The number of hydrogen-bond donors (Lipinski definition) is 1. The SMILES string of the molecule is COC(C)(c1ccc(NC(=O)c2cn3cccc(Cl)c3n2)cc1)C(F)(F)F. The van der Waals surface area contributed by atoms with Gasteiger partial charge in [0.1, 0.15) is 5.69 Å². The molecule has 3 aromatic rings. The Hall–Kier alpha value is -2.58. The zero-order valence-electron chi connectivity index (χ0n) is 14.3. The maximum atomic E-state index is 13.2.